The molecule has 1 rings (SSSR count). The fraction of sp³-hybridized carbons (Fsp3) is 0.571. The normalized spacial score (nSPS) is 22.8. The average Bonchev–Trinajstić information content (AvgIpc) is 1.83. The van der Waals surface area contributed by atoms with E-state index in [0.717, 1.165) is 29.0 Å². The number of hydrogen-bond donors (Lipinski definition) is 0. The molecule has 0 aromatic carbocycles. The standard InChI is InChI=1S/C7H9S2/c1-5-6(8)3-2-4-7(5)9/h5H,1-4H2. The Kier molecular flexibility index (Phi) is 2.30. The van der Waals surface area contributed by atoms with Crippen molar-refractivity contribution < 1.29 is 0 Å². The lowest BCUT2D eigenvalue weighted by molar-refractivity contribution is 0.860. The molecule has 0 unspecified atom stereocenters. The van der Waals surface area contributed by atoms with Gasteiger partial charge in [-0.2, -0.15) is 0 Å². The summed E-state index contributed by atoms with van der Waals surface area (Å²) < 4.78 is 0. The van der Waals surface area contributed by atoms with Gasteiger partial charge < -0.3 is 0 Å². The molecule has 1 aliphatic rings. The lowest BCUT2D eigenvalue weighted by Gasteiger charge is -2.19. The molecule has 0 nitrogen and oxygen atoms in total. The fourth-order valence-electron chi connectivity index (χ4n) is 0.965. The van der Waals surface area contributed by atoms with Crippen molar-refractivity contribution in [3.05, 3.63) is 6.92 Å². The van der Waals surface area contributed by atoms with E-state index in [1.807, 2.05) is 0 Å². The van der Waals surface area contributed by atoms with Crippen molar-refractivity contribution in [1.82, 2.24) is 0 Å². The van der Waals surface area contributed by atoms with Crippen LogP contribution < -0.4 is 0 Å². The monoisotopic (exact) mass is 157 g/mol. The first-order valence-electron chi connectivity index (χ1n) is 3.10. The van der Waals surface area contributed by atoms with Crippen LogP contribution in [0.25, 0.3) is 0 Å². The predicted octanol–water partition coefficient (Wildman–Crippen LogP) is 2.36. The van der Waals surface area contributed by atoms with Crippen molar-refractivity contribution in [3.63, 3.8) is 0 Å². The molecule has 0 aliphatic heterocycles. The van der Waals surface area contributed by atoms with Gasteiger partial charge in [-0.1, -0.05) is 24.4 Å². The van der Waals surface area contributed by atoms with Gasteiger partial charge in [0.2, 0.25) is 0 Å². The first-order chi connectivity index (χ1) is 4.22. The van der Waals surface area contributed by atoms with E-state index in [1.165, 1.54) is 0 Å². The van der Waals surface area contributed by atoms with Crippen molar-refractivity contribution in [2.45, 2.75) is 19.3 Å². The smallest absolute Gasteiger partial charge is 0.0217 e. The Bertz CT molecular complexity index is 133. The lowest BCUT2D eigenvalue weighted by Crippen LogP contribution is -2.22. The van der Waals surface area contributed by atoms with Crippen molar-refractivity contribution in [2.75, 3.05) is 0 Å². The third-order valence-corrected chi connectivity index (χ3v) is 2.60. The van der Waals surface area contributed by atoms with Crippen LogP contribution >= 0.6 is 24.4 Å². The van der Waals surface area contributed by atoms with E-state index in [4.69, 9.17) is 24.4 Å². The predicted molar refractivity (Wildman–Crippen MR) is 47.9 cm³/mol. The van der Waals surface area contributed by atoms with Gasteiger partial charge in [-0.3, -0.25) is 0 Å². The molecule has 0 amide bonds. The van der Waals surface area contributed by atoms with Crippen LogP contribution in [-0.2, 0) is 0 Å². The van der Waals surface area contributed by atoms with Gasteiger partial charge in [0, 0.05) is 15.6 Å². The molecule has 0 aromatic heterocycles. The number of thiocarbonyl (C=S) groups is 2. The molecule has 49 valence electrons. The minimum absolute atomic E-state index is 0.184. The SMILES string of the molecule is [CH2]C1C(=S)CCCC1=S. The van der Waals surface area contributed by atoms with Gasteiger partial charge in [-0.25, -0.2) is 0 Å². The van der Waals surface area contributed by atoms with Crippen molar-refractivity contribution in [3.8, 4) is 0 Å². The van der Waals surface area contributed by atoms with Gasteiger partial charge in [0.05, 0.1) is 0 Å². The minimum Gasteiger partial charge on any atom is -0.0890 e. The molecule has 0 aromatic rings. The summed E-state index contributed by atoms with van der Waals surface area (Å²) in [6, 6.07) is 0. The van der Waals surface area contributed by atoms with Gasteiger partial charge in [0.25, 0.3) is 0 Å². The van der Waals surface area contributed by atoms with Crippen LogP contribution in [0.2, 0.25) is 0 Å². The van der Waals surface area contributed by atoms with Crippen LogP contribution in [-0.4, -0.2) is 9.73 Å². The maximum atomic E-state index is 5.06. The molecule has 1 aliphatic carbocycles. The summed E-state index contributed by atoms with van der Waals surface area (Å²) in [6.07, 6.45) is 3.23. The summed E-state index contributed by atoms with van der Waals surface area (Å²) in [5, 5.41) is 0. The average molecular weight is 157 g/mol. The Morgan fingerprint density at radius 3 is 2.00 bits per heavy atom. The highest BCUT2D eigenvalue weighted by atomic mass is 32.1. The Labute approximate surface area is 66.6 Å². The second-order valence-corrected chi connectivity index (χ2v) is 3.39. The van der Waals surface area contributed by atoms with E-state index in [0.29, 0.717) is 0 Å². The van der Waals surface area contributed by atoms with Gasteiger partial charge in [-0.15, -0.1) is 0 Å². The van der Waals surface area contributed by atoms with E-state index in [9.17, 15) is 0 Å². The number of hydrogen-bond acceptors (Lipinski definition) is 2. The van der Waals surface area contributed by atoms with Crippen molar-refractivity contribution >= 4 is 34.2 Å². The molecule has 0 N–H and O–H groups in total. The summed E-state index contributed by atoms with van der Waals surface area (Å²) in [7, 11) is 0. The van der Waals surface area contributed by atoms with Crippen molar-refractivity contribution in [2.24, 2.45) is 5.92 Å². The first-order valence-corrected chi connectivity index (χ1v) is 3.92. The Hall–Kier alpha value is 0.180. The zero-order valence-corrected chi connectivity index (χ0v) is 6.86. The van der Waals surface area contributed by atoms with Crippen LogP contribution in [0.3, 0.4) is 0 Å². The molecule has 2 heteroatoms. The van der Waals surface area contributed by atoms with Crippen LogP contribution in [0.1, 0.15) is 19.3 Å². The molecule has 0 bridgehead atoms. The zero-order valence-electron chi connectivity index (χ0n) is 5.22. The van der Waals surface area contributed by atoms with E-state index in [-0.39, 0.29) is 5.92 Å². The molecule has 0 atom stereocenters. The highest BCUT2D eigenvalue weighted by Crippen LogP contribution is 2.18. The highest BCUT2D eigenvalue weighted by Gasteiger charge is 2.18. The molecule has 0 heterocycles. The van der Waals surface area contributed by atoms with Gasteiger partial charge in [0.1, 0.15) is 0 Å². The van der Waals surface area contributed by atoms with Crippen molar-refractivity contribution in [1.29, 1.82) is 0 Å². The van der Waals surface area contributed by atoms with Gasteiger partial charge in [0.15, 0.2) is 0 Å². The molecule has 0 saturated heterocycles. The van der Waals surface area contributed by atoms with E-state index < -0.39 is 0 Å². The van der Waals surface area contributed by atoms with E-state index in [1.54, 1.807) is 0 Å². The van der Waals surface area contributed by atoms with Crippen LogP contribution in [0, 0.1) is 12.8 Å². The van der Waals surface area contributed by atoms with E-state index in [2.05, 4.69) is 6.92 Å². The molecule has 1 saturated carbocycles. The molecular formula is C7H9S2. The summed E-state index contributed by atoms with van der Waals surface area (Å²) in [5.41, 5.74) is 0. The Balaban J connectivity index is 2.62. The summed E-state index contributed by atoms with van der Waals surface area (Å²) in [6.45, 7) is 3.88. The van der Waals surface area contributed by atoms with Crippen LogP contribution in [0.4, 0.5) is 0 Å². The third kappa shape index (κ3) is 1.55. The molecule has 0 spiro atoms. The maximum Gasteiger partial charge on any atom is 0.0217 e. The molecule has 1 radical (unpaired) electrons. The summed E-state index contributed by atoms with van der Waals surface area (Å²) in [5.74, 6) is 0.184. The molecular weight excluding hydrogens is 148 g/mol. The quantitative estimate of drug-likeness (QED) is 0.495. The Morgan fingerprint density at radius 1 is 1.22 bits per heavy atom. The summed E-state index contributed by atoms with van der Waals surface area (Å²) >= 11 is 10.1. The molecule has 9 heavy (non-hydrogen) atoms. The molecule has 1 fully saturated rings. The highest BCUT2D eigenvalue weighted by molar-refractivity contribution is 7.82. The largest absolute Gasteiger partial charge is 0.0890 e. The second-order valence-electron chi connectivity index (χ2n) is 2.34. The van der Waals surface area contributed by atoms with Crippen LogP contribution in [0.5, 0.6) is 0 Å². The topological polar surface area (TPSA) is 0 Å². The Morgan fingerprint density at radius 2 is 1.67 bits per heavy atom. The van der Waals surface area contributed by atoms with Gasteiger partial charge >= 0.3 is 0 Å². The lowest BCUT2D eigenvalue weighted by atomic mass is 9.90. The first kappa shape index (κ1) is 7.29. The van der Waals surface area contributed by atoms with Gasteiger partial charge in [-0.05, 0) is 26.2 Å². The second kappa shape index (κ2) is 2.84. The zero-order chi connectivity index (χ0) is 6.85. The minimum atomic E-state index is 0.184. The summed E-state index contributed by atoms with van der Waals surface area (Å²) in [4.78, 5) is 2.09. The van der Waals surface area contributed by atoms with E-state index >= 15 is 0 Å². The number of rotatable bonds is 0. The third-order valence-electron chi connectivity index (χ3n) is 1.62. The fourth-order valence-corrected chi connectivity index (χ4v) is 1.61. The maximum absolute atomic E-state index is 5.06. The van der Waals surface area contributed by atoms with Crippen LogP contribution in [0.15, 0.2) is 0 Å².